The first kappa shape index (κ1) is 10.5. The summed E-state index contributed by atoms with van der Waals surface area (Å²) < 4.78 is 0. The van der Waals surface area contributed by atoms with E-state index in [2.05, 4.69) is 15.2 Å². The van der Waals surface area contributed by atoms with E-state index < -0.39 is 0 Å². The van der Waals surface area contributed by atoms with Gasteiger partial charge in [-0.05, 0) is 18.2 Å². The van der Waals surface area contributed by atoms with Crippen LogP contribution in [0.2, 0.25) is 0 Å². The van der Waals surface area contributed by atoms with Gasteiger partial charge in [0.15, 0.2) is 0 Å². The van der Waals surface area contributed by atoms with Crippen molar-refractivity contribution in [1.82, 2.24) is 4.98 Å². The fourth-order valence-electron chi connectivity index (χ4n) is 1.72. The van der Waals surface area contributed by atoms with Crippen LogP contribution in [0.3, 0.4) is 0 Å². The van der Waals surface area contributed by atoms with Crippen molar-refractivity contribution in [2.75, 3.05) is 37.1 Å². The van der Waals surface area contributed by atoms with Crippen molar-refractivity contribution in [1.29, 1.82) is 0 Å². The zero-order chi connectivity index (χ0) is 11.7. The van der Waals surface area contributed by atoms with E-state index in [4.69, 9.17) is 5.73 Å². The van der Waals surface area contributed by atoms with E-state index >= 15 is 0 Å². The summed E-state index contributed by atoms with van der Waals surface area (Å²) in [6.45, 7) is 0. The average Bonchev–Trinajstić information content (AvgIpc) is 2.27. The highest BCUT2D eigenvalue weighted by molar-refractivity contribution is 5.95. The quantitative estimate of drug-likeness (QED) is 0.753. The first-order valence-electron chi connectivity index (χ1n) is 5.17. The van der Waals surface area contributed by atoms with E-state index in [0.717, 1.165) is 28.1 Å². The lowest BCUT2D eigenvalue weighted by atomic mass is 10.1. The highest BCUT2D eigenvalue weighted by Crippen LogP contribution is 2.28. The predicted octanol–water partition coefficient (Wildman–Crippen LogP) is 1.92. The van der Waals surface area contributed by atoms with Crippen LogP contribution in [0.15, 0.2) is 24.3 Å². The zero-order valence-electron chi connectivity index (χ0n) is 9.78. The third kappa shape index (κ3) is 1.74. The van der Waals surface area contributed by atoms with E-state index in [0.29, 0.717) is 0 Å². The molecule has 0 radical (unpaired) electrons. The minimum atomic E-state index is 0.759. The number of aromatic nitrogens is 1. The van der Waals surface area contributed by atoms with Crippen LogP contribution < -0.4 is 16.0 Å². The number of nitrogens with zero attached hydrogens (tertiary/aromatic N) is 2. The molecule has 2 rings (SSSR count). The molecule has 0 atom stereocenters. The monoisotopic (exact) mass is 216 g/mol. The number of anilines is 3. The Bertz CT molecular complexity index is 520. The van der Waals surface area contributed by atoms with Gasteiger partial charge in [0.05, 0.1) is 5.52 Å². The second-order valence-corrected chi connectivity index (χ2v) is 3.95. The number of pyridine rings is 1. The summed E-state index contributed by atoms with van der Waals surface area (Å²) in [6, 6.07) is 7.78. The highest BCUT2D eigenvalue weighted by atomic mass is 15.1. The number of nitrogen functional groups attached to an aromatic ring is 1. The molecule has 3 N–H and O–H groups in total. The van der Waals surface area contributed by atoms with Gasteiger partial charge in [0.2, 0.25) is 0 Å². The molecule has 16 heavy (non-hydrogen) atoms. The standard InChI is InChI=1S/C12H16N4/c1-14-12-7-11(16(2)3)9-6-8(13)4-5-10(9)15-12/h4-7H,13H2,1-3H3,(H,14,15). The molecule has 84 valence electrons. The molecule has 0 aliphatic carbocycles. The summed E-state index contributed by atoms with van der Waals surface area (Å²) in [5, 5.41) is 4.13. The molecule has 0 unspecified atom stereocenters. The Kier molecular flexibility index (Phi) is 2.56. The van der Waals surface area contributed by atoms with E-state index in [1.807, 2.05) is 45.4 Å². The Morgan fingerprint density at radius 3 is 2.62 bits per heavy atom. The summed E-state index contributed by atoms with van der Waals surface area (Å²) in [6.07, 6.45) is 0. The number of nitrogens with one attached hydrogen (secondary N) is 1. The summed E-state index contributed by atoms with van der Waals surface area (Å²) in [7, 11) is 5.89. The number of rotatable bonds is 2. The molecule has 4 heteroatoms. The van der Waals surface area contributed by atoms with Crippen molar-refractivity contribution in [2.24, 2.45) is 0 Å². The first-order valence-corrected chi connectivity index (χ1v) is 5.17. The molecule has 4 nitrogen and oxygen atoms in total. The molecule has 1 aromatic heterocycles. The van der Waals surface area contributed by atoms with Gasteiger partial charge in [0, 0.05) is 44.0 Å². The van der Waals surface area contributed by atoms with Gasteiger partial charge in [-0.2, -0.15) is 0 Å². The van der Waals surface area contributed by atoms with E-state index in [-0.39, 0.29) is 0 Å². The molecule has 0 amide bonds. The maximum absolute atomic E-state index is 5.80. The molecule has 0 spiro atoms. The molecule has 1 heterocycles. The van der Waals surface area contributed by atoms with Crippen LogP contribution in [0.25, 0.3) is 10.9 Å². The van der Waals surface area contributed by atoms with Crippen molar-refractivity contribution in [2.45, 2.75) is 0 Å². The van der Waals surface area contributed by atoms with E-state index in [9.17, 15) is 0 Å². The van der Waals surface area contributed by atoms with Gasteiger partial charge in [0.25, 0.3) is 0 Å². The Morgan fingerprint density at radius 2 is 2.00 bits per heavy atom. The van der Waals surface area contributed by atoms with Gasteiger partial charge >= 0.3 is 0 Å². The van der Waals surface area contributed by atoms with Gasteiger partial charge in [-0.3, -0.25) is 0 Å². The maximum atomic E-state index is 5.80. The Hall–Kier alpha value is -1.97. The predicted molar refractivity (Wildman–Crippen MR) is 70.0 cm³/mol. The number of fused-ring (bicyclic) bond motifs is 1. The SMILES string of the molecule is CNc1cc(N(C)C)c2cc(N)ccc2n1. The molecule has 0 fully saturated rings. The molecule has 0 saturated carbocycles. The molecular formula is C12H16N4. The van der Waals surface area contributed by atoms with Crippen LogP contribution in [0.5, 0.6) is 0 Å². The van der Waals surface area contributed by atoms with Crippen molar-refractivity contribution >= 4 is 28.1 Å². The highest BCUT2D eigenvalue weighted by Gasteiger charge is 2.07. The molecular weight excluding hydrogens is 200 g/mol. The second kappa shape index (κ2) is 3.89. The van der Waals surface area contributed by atoms with Crippen molar-refractivity contribution in [3.63, 3.8) is 0 Å². The maximum Gasteiger partial charge on any atom is 0.128 e. The van der Waals surface area contributed by atoms with Crippen LogP contribution >= 0.6 is 0 Å². The third-order valence-corrected chi connectivity index (χ3v) is 2.55. The van der Waals surface area contributed by atoms with Crippen molar-refractivity contribution < 1.29 is 0 Å². The lowest BCUT2D eigenvalue weighted by molar-refractivity contribution is 1.14. The van der Waals surface area contributed by atoms with Crippen LogP contribution in [0.1, 0.15) is 0 Å². The number of hydrogen-bond donors (Lipinski definition) is 2. The van der Waals surface area contributed by atoms with Gasteiger partial charge in [-0.15, -0.1) is 0 Å². The lowest BCUT2D eigenvalue weighted by Crippen LogP contribution is -2.10. The summed E-state index contributed by atoms with van der Waals surface area (Å²) >= 11 is 0. The lowest BCUT2D eigenvalue weighted by Gasteiger charge is -2.16. The molecule has 0 saturated heterocycles. The van der Waals surface area contributed by atoms with Gasteiger partial charge in [-0.1, -0.05) is 0 Å². The normalized spacial score (nSPS) is 10.4. The van der Waals surface area contributed by atoms with Crippen molar-refractivity contribution in [3.05, 3.63) is 24.3 Å². The minimum absolute atomic E-state index is 0.759. The molecule has 1 aromatic carbocycles. The van der Waals surface area contributed by atoms with Crippen LogP contribution in [-0.2, 0) is 0 Å². The fourth-order valence-corrected chi connectivity index (χ4v) is 1.72. The molecule has 0 aliphatic heterocycles. The minimum Gasteiger partial charge on any atom is -0.399 e. The van der Waals surface area contributed by atoms with E-state index in [1.54, 1.807) is 0 Å². The number of hydrogen-bond acceptors (Lipinski definition) is 4. The Balaban J connectivity index is 2.77. The van der Waals surface area contributed by atoms with Crippen LogP contribution in [0.4, 0.5) is 17.2 Å². The smallest absolute Gasteiger partial charge is 0.128 e. The van der Waals surface area contributed by atoms with Crippen LogP contribution in [-0.4, -0.2) is 26.1 Å². The summed E-state index contributed by atoms with van der Waals surface area (Å²) in [5.74, 6) is 0.862. The number of nitrogens with two attached hydrogens (primary N) is 1. The summed E-state index contributed by atoms with van der Waals surface area (Å²) in [5.41, 5.74) is 8.62. The second-order valence-electron chi connectivity index (χ2n) is 3.95. The zero-order valence-corrected chi connectivity index (χ0v) is 9.78. The number of benzene rings is 1. The molecule has 0 bridgehead atoms. The topological polar surface area (TPSA) is 54.2 Å². The first-order chi connectivity index (χ1) is 7.61. The Morgan fingerprint density at radius 1 is 1.25 bits per heavy atom. The molecule has 0 aliphatic rings. The van der Waals surface area contributed by atoms with Gasteiger partial charge in [0.1, 0.15) is 5.82 Å². The molecule has 2 aromatic rings. The van der Waals surface area contributed by atoms with Crippen LogP contribution in [0, 0.1) is 0 Å². The summed E-state index contributed by atoms with van der Waals surface area (Å²) in [4.78, 5) is 6.54. The average molecular weight is 216 g/mol. The third-order valence-electron chi connectivity index (χ3n) is 2.55. The van der Waals surface area contributed by atoms with Gasteiger partial charge < -0.3 is 16.0 Å². The fraction of sp³-hybridized carbons (Fsp3) is 0.250. The van der Waals surface area contributed by atoms with E-state index in [1.165, 1.54) is 0 Å². The van der Waals surface area contributed by atoms with Gasteiger partial charge in [-0.25, -0.2) is 4.98 Å². The van der Waals surface area contributed by atoms with Crippen molar-refractivity contribution in [3.8, 4) is 0 Å². The Labute approximate surface area is 95.1 Å². The largest absolute Gasteiger partial charge is 0.399 e.